The maximum atomic E-state index is 10.9. The summed E-state index contributed by atoms with van der Waals surface area (Å²) in [4.78, 5) is 22.8. The van der Waals surface area contributed by atoms with Gasteiger partial charge in [0.15, 0.2) is 0 Å². The third-order valence-electron chi connectivity index (χ3n) is 1.30. The number of rotatable bonds is 2. The third kappa shape index (κ3) is 2.09. The molecule has 11 heavy (non-hydrogen) atoms. The highest BCUT2D eigenvalue weighted by Crippen LogP contribution is 2.15. The van der Waals surface area contributed by atoms with Crippen molar-refractivity contribution in [3.05, 3.63) is 0 Å². The Kier molecular flexibility index (Phi) is 2.72. The zero-order valence-corrected chi connectivity index (χ0v) is 6.56. The molecule has 2 amide bonds. The van der Waals surface area contributed by atoms with Crippen molar-refractivity contribution >= 4 is 22.9 Å². The fraction of sp³-hybridized carbons (Fsp3) is 0.600. The van der Waals surface area contributed by atoms with Gasteiger partial charge in [0.2, 0.25) is 0 Å². The van der Waals surface area contributed by atoms with Crippen LogP contribution in [-0.4, -0.2) is 40.1 Å². The number of nitrogens with zero attached hydrogens (tertiary/aromatic N) is 1. The van der Waals surface area contributed by atoms with Gasteiger partial charge in [-0.1, -0.05) is 11.8 Å². The molecule has 0 radical (unpaired) electrons. The lowest BCUT2D eigenvalue weighted by molar-refractivity contribution is -0.129. The Bertz CT molecular complexity index is 185. The predicted octanol–water partition coefficient (Wildman–Crippen LogP) is -0.339. The highest BCUT2D eigenvalue weighted by atomic mass is 32.2. The quantitative estimate of drug-likeness (QED) is 0.446. The maximum Gasteiger partial charge on any atom is 0.282 e. The summed E-state index contributed by atoms with van der Waals surface area (Å²) in [5.74, 6) is 0.165. The molecular formula is C5H8N2O3S. The zero-order chi connectivity index (χ0) is 8.27. The molecule has 0 unspecified atom stereocenters. The van der Waals surface area contributed by atoms with Crippen LogP contribution in [0.5, 0.6) is 0 Å². The van der Waals surface area contributed by atoms with Gasteiger partial charge in [-0.15, -0.1) is 0 Å². The van der Waals surface area contributed by atoms with E-state index < -0.39 is 5.91 Å². The molecule has 0 aromatic heterocycles. The average molecular weight is 176 g/mol. The second-order valence-corrected chi connectivity index (χ2v) is 3.12. The van der Waals surface area contributed by atoms with Crippen molar-refractivity contribution in [2.45, 2.75) is 0 Å². The molecule has 0 bridgehead atoms. The van der Waals surface area contributed by atoms with Gasteiger partial charge in [-0.3, -0.25) is 14.8 Å². The van der Waals surface area contributed by atoms with Gasteiger partial charge in [0, 0.05) is 12.3 Å². The van der Waals surface area contributed by atoms with Gasteiger partial charge in [0.1, 0.15) is 6.54 Å². The maximum absolute atomic E-state index is 10.9. The van der Waals surface area contributed by atoms with Crippen LogP contribution in [0.2, 0.25) is 0 Å². The number of hydrogen-bond acceptors (Lipinski definition) is 4. The number of hydroxylamine groups is 1. The smallest absolute Gasteiger partial charge is 0.282 e. The van der Waals surface area contributed by atoms with Gasteiger partial charge in [-0.05, 0) is 0 Å². The summed E-state index contributed by atoms with van der Waals surface area (Å²) in [6.07, 6.45) is 0. The van der Waals surface area contributed by atoms with E-state index in [4.69, 9.17) is 5.21 Å². The Morgan fingerprint density at radius 1 is 1.82 bits per heavy atom. The summed E-state index contributed by atoms with van der Waals surface area (Å²) >= 11 is 1.18. The van der Waals surface area contributed by atoms with Crippen LogP contribution in [0.4, 0.5) is 4.79 Å². The van der Waals surface area contributed by atoms with Crippen LogP contribution in [0.25, 0.3) is 0 Å². The number of nitrogens with one attached hydrogen (secondary N) is 1. The Morgan fingerprint density at radius 2 is 2.55 bits per heavy atom. The van der Waals surface area contributed by atoms with Crippen LogP contribution in [0.1, 0.15) is 0 Å². The highest BCUT2D eigenvalue weighted by molar-refractivity contribution is 8.13. The summed E-state index contributed by atoms with van der Waals surface area (Å²) in [7, 11) is 0. The largest absolute Gasteiger partial charge is 0.323 e. The first kappa shape index (κ1) is 8.35. The Morgan fingerprint density at radius 3 is 3.00 bits per heavy atom. The van der Waals surface area contributed by atoms with Crippen molar-refractivity contribution in [1.82, 2.24) is 10.4 Å². The molecule has 1 heterocycles. The molecule has 0 spiro atoms. The number of thioether (sulfide) groups is 1. The molecule has 2 N–H and O–H groups in total. The monoisotopic (exact) mass is 176 g/mol. The van der Waals surface area contributed by atoms with Crippen LogP contribution in [-0.2, 0) is 4.79 Å². The lowest BCUT2D eigenvalue weighted by Crippen LogP contribution is -2.35. The SMILES string of the molecule is O=C(CN1CCSC1=O)NO. The predicted molar refractivity (Wildman–Crippen MR) is 39.4 cm³/mol. The molecule has 6 heteroatoms. The first-order chi connectivity index (χ1) is 5.24. The Labute approximate surface area is 67.7 Å². The molecule has 62 valence electrons. The number of carbonyl (C=O) groups excluding carboxylic acids is 2. The van der Waals surface area contributed by atoms with Crippen LogP contribution in [0.15, 0.2) is 0 Å². The van der Waals surface area contributed by atoms with E-state index in [2.05, 4.69) is 0 Å². The summed E-state index contributed by atoms with van der Waals surface area (Å²) in [5.41, 5.74) is 1.47. The normalized spacial score (nSPS) is 17.2. The van der Waals surface area contributed by atoms with E-state index in [1.165, 1.54) is 22.1 Å². The first-order valence-electron chi connectivity index (χ1n) is 3.08. The Hall–Kier alpha value is -0.750. The minimum Gasteiger partial charge on any atom is -0.323 e. The van der Waals surface area contributed by atoms with Crippen LogP contribution in [0.3, 0.4) is 0 Å². The molecule has 5 nitrogen and oxygen atoms in total. The van der Waals surface area contributed by atoms with Crippen molar-refractivity contribution in [3.8, 4) is 0 Å². The second kappa shape index (κ2) is 3.59. The fourth-order valence-electron chi connectivity index (χ4n) is 0.778. The van der Waals surface area contributed by atoms with Crippen molar-refractivity contribution in [3.63, 3.8) is 0 Å². The van der Waals surface area contributed by atoms with E-state index in [9.17, 15) is 9.59 Å². The Balaban J connectivity index is 2.36. The summed E-state index contributed by atoms with van der Waals surface area (Å²) in [6.45, 7) is 0.527. The molecule has 0 atom stereocenters. The van der Waals surface area contributed by atoms with E-state index in [0.717, 1.165) is 5.75 Å². The van der Waals surface area contributed by atoms with Gasteiger partial charge in [-0.2, -0.15) is 0 Å². The first-order valence-corrected chi connectivity index (χ1v) is 4.07. The molecule has 1 aliphatic heterocycles. The van der Waals surface area contributed by atoms with Crippen LogP contribution >= 0.6 is 11.8 Å². The van der Waals surface area contributed by atoms with Crippen LogP contribution in [0, 0.1) is 0 Å². The van der Waals surface area contributed by atoms with Crippen molar-refractivity contribution in [2.24, 2.45) is 0 Å². The van der Waals surface area contributed by atoms with Crippen molar-refractivity contribution in [1.29, 1.82) is 0 Å². The van der Waals surface area contributed by atoms with Gasteiger partial charge in [0.25, 0.3) is 11.1 Å². The van der Waals surface area contributed by atoms with Crippen molar-refractivity contribution in [2.75, 3.05) is 18.8 Å². The lowest BCUT2D eigenvalue weighted by atomic mass is 10.5. The van der Waals surface area contributed by atoms with Crippen molar-refractivity contribution < 1.29 is 14.8 Å². The second-order valence-electron chi connectivity index (χ2n) is 2.07. The lowest BCUT2D eigenvalue weighted by Gasteiger charge is -2.11. The summed E-state index contributed by atoms with van der Waals surface area (Å²) in [6, 6.07) is 0. The molecule has 0 aliphatic carbocycles. The van der Waals surface area contributed by atoms with Gasteiger partial charge >= 0.3 is 0 Å². The van der Waals surface area contributed by atoms with Crippen LogP contribution < -0.4 is 5.48 Å². The fourth-order valence-corrected chi connectivity index (χ4v) is 1.60. The molecule has 1 fully saturated rings. The molecule has 0 aromatic rings. The number of amides is 2. The summed E-state index contributed by atoms with van der Waals surface area (Å²) < 4.78 is 0. The van der Waals surface area contributed by atoms with Gasteiger partial charge < -0.3 is 4.90 Å². The molecule has 1 aliphatic rings. The minimum absolute atomic E-state index is 0.0532. The standard InChI is InChI=1S/C5H8N2O3S/c8-4(6-10)3-7-1-2-11-5(7)9/h10H,1-3H2,(H,6,8). The number of hydrogen-bond donors (Lipinski definition) is 2. The molecular weight excluding hydrogens is 168 g/mol. The molecule has 1 rings (SSSR count). The molecule has 1 saturated heterocycles. The van der Waals surface area contributed by atoms with Gasteiger partial charge in [-0.25, -0.2) is 5.48 Å². The zero-order valence-electron chi connectivity index (χ0n) is 5.74. The summed E-state index contributed by atoms with van der Waals surface area (Å²) in [5, 5.41) is 8.03. The molecule has 0 saturated carbocycles. The highest BCUT2D eigenvalue weighted by Gasteiger charge is 2.22. The topological polar surface area (TPSA) is 69.6 Å². The molecule has 0 aromatic carbocycles. The van der Waals surface area contributed by atoms with E-state index in [-0.39, 0.29) is 11.8 Å². The minimum atomic E-state index is -0.555. The van der Waals surface area contributed by atoms with E-state index in [1.54, 1.807) is 0 Å². The third-order valence-corrected chi connectivity index (χ3v) is 2.20. The number of carbonyl (C=O) groups is 2. The van der Waals surface area contributed by atoms with E-state index in [1.807, 2.05) is 0 Å². The average Bonchev–Trinajstić information content (AvgIpc) is 2.37. The van der Waals surface area contributed by atoms with E-state index >= 15 is 0 Å². The van der Waals surface area contributed by atoms with E-state index in [0.29, 0.717) is 6.54 Å². The van der Waals surface area contributed by atoms with Gasteiger partial charge in [0.05, 0.1) is 0 Å².